The molecule has 0 atom stereocenters. The van der Waals surface area contributed by atoms with Crippen LogP contribution in [0.5, 0.6) is 0 Å². The Morgan fingerprint density at radius 1 is 0.627 bits per heavy atom. The predicted octanol–water partition coefficient (Wildman–Crippen LogP) is 9.64. The second-order valence-corrected chi connectivity index (χ2v) is 13.8. The van der Waals surface area contributed by atoms with E-state index in [0.717, 1.165) is 21.9 Å². The van der Waals surface area contributed by atoms with Gasteiger partial charge < -0.3 is 19.5 Å². The third kappa shape index (κ3) is 5.88. The summed E-state index contributed by atoms with van der Waals surface area (Å²) in [5.41, 5.74) is 6.42. The number of hydrogen-bond acceptors (Lipinski definition) is 6. The standard InChI is InChI=1S/C37H26Cl4N6O4/c1-18-4-8-22-28(14-18)50-34-30(44-46(32(22)34)26-10-6-20(38)16-24(26)40)36(48)42-12-3-13-43-37(49)31-35-33(23-9-5-19(2)15-29(23)51-35)47(45-31)27-11-7-21(39)17-25(27)41/h4-11,14-17H,3,12-13H2,1-2H3,(H,42,48)(H,43,49). The summed E-state index contributed by atoms with van der Waals surface area (Å²) < 4.78 is 15.5. The van der Waals surface area contributed by atoms with Gasteiger partial charge in [-0.2, -0.15) is 10.2 Å². The molecule has 51 heavy (non-hydrogen) atoms. The Morgan fingerprint density at radius 2 is 1.06 bits per heavy atom. The number of aryl methyl sites for hydroxylation is 2. The molecular weight excluding hydrogens is 734 g/mol. The molecule has 0 bridgehead atoms. The number of hydrogen-bond donors (Lipinski definition) is 2. The fourth-order valence-electron chi connectivity index (χ4n) is 6.12. The zero-order valence-electron chi connectivity index (χ0n) is 27.0. The molecule has 4 aromatic carbocycles. The number of carbonyl (C=O) groups is 2. The molecule has 0 spiro atoms. The average Bonchev–Trinajstić information content (AvgIpc) is 3.83. The molecule has 0 saturated carbocycles. The molecule has 2 N–H and O–H groups in total. The monoisotopic (exact) mass is 758 g/mol. The minimum Gasteiger partial charge on any atom is -0.452 e. The first-order valence-electron chi connectivity index (χ1n) is 15.9. The lowest BCUT2D eigenvalue weighted by Gasteiger charge is -2.07. The maximum absolute atomic E-state index is 13.5. The number of amides is 2. The van der Waals surface area contributed by atoms with Crippen LogP contribution in [0.15, 0.2) is 81.6 Å². The summed E-state index contributed by atoms with van der Waals surface area (Å²) in [7, 11) is 0. The minimum absolute atomic E-state index is 0.0998. The first kappa shape index (κ1) is 33.2. The maximum Gasteiger partial charge on any atom is 0.275 e. The van der Waals surface area contributed by atoms with Gasteiger partial charge in [-0.1, -0.05) is 58.5 Å². The summed E-state index contributed by atoms with van der Waals surface area (Å²) in [6, 6.07) is 21.7. The van der Waals surface area contributed by atoms with E-state index in [1.807, 2.05) is 50.2 Å². The lowest BCUT2D eigenvalue weighted by Crippen LogP contribution is -2.30. The number of nitrogens with zero attached hydrogens (tertiary/aromatic N) is 4. The summed E-state index contributed by atoms with van der Waals surface area (Å²) in [5.74, 6) is -0.882. The highest BCUT2D eigenvalue weighted by atomic mass is 35.5. The zero-order chi connectivity index (χ0) is 35.6. The second-order valence-electron chi connectivity index (χ2n) is 12.1. The predicted molar refractivity (Wildman–Crippen MR) is 200 cm³/mol. The van der Waals surface area contributed by atoms with Gasteiger partial charge in [-0.15, -0.1) is 0 Å². The van der Waals surface area contributed by atoms with E-state index in [-0.39, 0.29) is 24.5 Å². The lowest BCUT2D eigenvalue weighted by atomic mass is 10.2. The average molecular weight is 760 g/mol. The van der Waals surface area contributed by atoms with Crippen molar-refractivity contribution >= 4 is 102 Å². The van der Waals surface area contributed by atoms with Crippen LogP contribution in [0.2, 0.25) is 20.1 Å². The largest absolute Gasteiger partial charge is 0.452 e. The van der Waals surface area contributed by atoms with Crippen molar-refractivity contribution in [3.8, 4) is 11.4 Å². The number of nitrogens with one attached hydrogen (secondary N) is 2. The molecule has 2 amide bonds. The van der Waals surface area contributed by atoms with E-state index in [9.17, 15) is 9.59 Å². The van der Waals surface area contributed by atoms with Crippen LogP contribution in [0.1, 0.15) is 38.5 Å². The van der Waals surface area contributed by atoms with Crippen molar-refractivity contribution in [3.05, 3.63) is 115 Å². The van der Waals surface area contributed by atoms with Crippen molar-refractivity contribution in [1.29, 1.82) is 0 Å². The van der Waals surface area contributed by atoms with Crippen molar-refractivity contribution < 1.29 is 18.4 Å². The molecule has 8 rings (SSSR count). The Kier molecular flexibility index (Phi) is 8.42. The van der Waals surface area contributed by atoms with Crippen LogP contribution < -0.4 is 10.6 Å². The molecular formula is C37H26Cl4N6O4. The van der Waals surface area contributed by atoms with Crippen molar-refractivity contribution in [3.63, 3.8) is 0 Å². The summed E-state index contributed by atoms with van der Waals surface area (Å²) in [6.45, 7) is 4.40. The van der Waals surface area contributed by atoms with Crippen LogP contribution in [0.4, 0.5) is 0 Å². The van der Waals surface area contributed by atoms with Gasteiger partial charge in [-0.25, -0.2) is 9.36 Å². The Labute approximate surface area is 309 Å². The quantitative estimate of drug-likeness (QED) is 0.149. The molecule has 256 valence electrons. The molecule has 0 saturated heterocycles. The third-order valence-electron chi connectivity index (χ3n) is 8.52. The van der Waals surface area contributed by atoms with Gasteiger partial charge in [0.1, 0.15) is 22.2 Å². The van der Waals surface area contributed by atoms with Crippen molar-refractivity contribution in [1.82, 2.24) is 30.2 Å². The van der Waals surface area contributed by atoms with E-state index in [1.54, 1.807) is 45.8 Å². The highest BCUT2D eigenvalue weighted by Crippen LogP contribution is 2.37. The van der Waals surface area contributed by atoms with E-state index < -0.39 is 11.8 Å². The number of fused-ring (bicyclic) bond motifs is 6. The highest BCUT2D eigenvalue weighted by Gasteiger charge is 2.27. The number of carbonyl (C=O) groups excluding carboxylic acids is 2. The van der Waals surface area contributed by atoms with Crippen molar-refractivity contribution in [2.45, 2.75) is 20.3 Å². The molecule has 0 aliphatic heterocycles. The highest BCUT2D eigenvalue weighted by molar-refractivity contribution is 6.36. The molecule has 4 aromatic heterocycles. The second kappa shape index (κ2) is 13.0. The number of aromatic nitrogens is 4. The summed E-state index contributed by atoms with van der Waals surface area (Å²) >= 11 is 25.4. The van der Waals surface area contributed by atoms with E-state index >= 15 is 0 Å². The molecule has 0 aliphatic carbocycles. The summed E-state index contributed by atoms with van der Waals surface area (Å²) in [5, 5.41) is 18.3. The maximum atomic E-state index is 13.5. The van der Waals surface area contributed by atoms with Gasteiger partial charge in [0.2, 0.25) is 0 Å². The number of furan rings is 2. The Morgan fingerprint density at radius 3 is 1.47 bits per heavy atom. The zero-order valence-corrected chi connectivity index (χ0v) is 30.0. The SMILES string of the molecule is Cc1ccc2c(c1)oc1c(C(=O)NCCCNC(=O)c3nn(-c4ccc(Cl)cc4Cl)c4c3oc3cc(C)ccc34)nn(-c3ccc(Cl)cc3Cl)c12. The van der Waals surface area contributed by atoms with E-state index in [0.29, 0.717) is 71.3 Å². The van der Waals surface area contributed by atoms with Gasteiger partial charge in [0.25, 0.3) is 11.8 Å². The van der Waals surface area contributed by atoms with Gasteiger partial charge in [0.05, 0.1) is 21.4 Å². The van der Waals surface area contributed by atoms with Crippen LogP contribution in [0, 0.1) is 13.8 Å². The smallest absolute Gasteiger partial charge is 0.275 e. The van der Waals surface area contributed by atoms with Gasteiger partial charge in [-0.05, 0) is 92.1 Å². The molecule has 8 aromatic rings. The number of benzene rings is 4. The van der Waals surface area contributed by atoms with Crippen LogP contribution in [-0.4, -0.2) is 44.5 Å². The first-order valence-corrected chi connectivity index (χ1v) is 17.4. The molecule has 4 heterocycles. The van der Waals surface area contributed by atoms with Crippen molar-refractivity contribution in [2.75, 3.05) is 13.1 Å². The molecule has 14 heteroatoms. The topological polar surface area (TPSA) is 120 Å². The third-order valence-corrected chi connectivity index (χ3v) is 9.60. The normalized spacial score (nSPS) is 11.7. The van der Waals surface area contributed by atoms with E-state index in [4.69, 9.17) is 55.2 Å². The summed E-state index contributed by atoms with van der Waals surface area (Å²) in [6.07, 6.45) is 0.413. The molecule has 0 unspecified atom stereocenters. The Hall–Kier alpha value is -5.00. The van der Waals surface area contributed by atoms with Crippen LogP contribution in [0.3, 0.4) is 0 Å². The number of rotatable bonds is 8. The van der Waals surface area contributed by atoms with E-state index in [2.05, 4.69) is 20.8 Å². The molecule has 0 radical (unpaired) electrons. The van der Waals surface area contributed by atoms with Gasteiger partial charge >= 0.3 is 0 Å². The van der Waals surface area contributed by atoms with Gasteiger partial charge in [0, 0.05) is 33.9 Å². The summed E-state index contributed by atoms with van der Waals surface area (Å²) in [4.78, 5) is 27.0. The van der Waals surface area contributed by atoms with Crippen LogP contribution >= 0.6 is 46.4 Å². The number of halogens is 4. The Balaban J connectivity index is 1.01. The van der Waals surface area contributed by atoms with Crippen molar-refractivity contribution in [2.24, 2.45) is 0 Å². The van der Waals surface area contributed by atoms with Crippen LogP contribution in [0.25, 0.3) is 55.5 Å². The Bertz CT molecular complexity index is 2520. The minimum atomic E-state index is -0.441. The fourth-order valence-corrected chi connectivity index (χ4v) is 7.10. The van der Waals surface area contributed by atoms with Gasteiger partial charge in [0.15, 0.2) is 22.6 Å². The molecule has 0 fully saturated rings. The lowest BCUT2D eigenvalue weighted by molar-refractivity contribution is 0.0947. The molecule has 10 nitrogen and oxygen atoms in total. The fraction of sp³-hybridized carbons (Fsp3) is 0.135. The molecule has 0 aliphatic rings. The van der Waals surface area contributed by atoms with Gasteiger partial charge in [-0.3, -0.25) is 9.59 Å². The van der Waals surface area contributed by atoms with E-state index in [1.165, 1.54) is 0 Å². The first-order chi connectivity index (χ1) is 24.6. The van der Waals surface area contributed by atoms with Crippen LogP contribution in [-0.2, 0) is 0 Å².